The van der Waals surface area contributed by atoms with Crippen molar-refractivity contribution in [3.05, 3.63) is 33.9 Å². The maximum absolute atomic E-state index is 12.4. The Morgan fingerprint density at radius 3 is 2.54 bits per heavy atom. The second-order valence-corrected chi connectivity index (χ2v) is 8.56. The summed E-state index contributed by atoms with van der Waals surface area (Å²) in [4.78, 5) is 12.6. The third-order valence-electron chi connectivity index (χ3n) is 4.36. The zero-order valence-corrected chi connectivity index (χ0v) is 16.3. The molecule has 2 atom stereocenters. The number of nitro benzene ring substituents is 1. The lowest BCUT2D eigenvalue weighted by Crippen LogP contribution is -2.45. The van der Waals surface area contributed by atoms with Crippen LogP contribution < -0.4 is 4.72 Å². The number of rotatable bonds is 8. The zero-order valence-electron chi connectivity index (χ0n) is 15.5. The molecule has 9 heteroatoms. The molecular weight excluding hydrogens is 358 g/mol. The number of hydrogen-bond donors (Lipinski definition) is 1. The van der Waals surface area contributed by atoms with Gasteiger partial charge in [-0.25, -0.2) is 13.1 Å². The van der Waals surface area contributed by atoms with Crippen molar-refractivity contribution in [1.29, 1.82) is 0 Å². The van der Waals surface area contributed by atoms with Crippen LogP contribution in [0.3, 0.4) is 0 Å². The molecule has 0 saturated carbocycles. The summed E-state index contributed by atoms with van der Waals surface area (Å²) < 4.78 is 33.1. The van der Waals surface area contributed by atoms with Crippen molar-refractivity contribution in [1.82, 2.24) is 9.62 Å². The van der Waals surface area contributed by atoms with Gasteiger partial charge in [-0.05, 0) is 45.7 Å². The van der Waals surface area contributed by atoms with E-state index in [2.05, 4.69) is 23.5 Å². The molecular formula is C17H27N3O5S. The number of nitrogens with one attached hydrogen (secondary N) is 1. The third kappa shape index (κ3) is 5.73. The van der Waals surface area contributed by atoms with Crippen LogP contribution in [0.2, 0.25) is 0 Å². The first kappa shape index (κ1) is 20.8. The highest BCUT2D eigenvalue weighted by Crippen LogP contribution is 2.21. The molecule has 0 aromatic heterocycles. The molecule has 2 rings (SSSR count). The Morgan fingerprint density at radius 1 is 1.27 bits per heavy atom. The van der Waals surface area contributed by atoms with Crippen LogP contribution in [0, 0.1) is 17.0 Å². The molecule has 0 radical (unpaired) electrons. The number of hydrogen-bond acceptors (Lipinski definition) is 6. The summed E-state index contributed by atoms with van der Waals surface area (Å²) in [6.07, 6.45) is 2.01. The minimum absolute atomic E-state index is 0.0393. The fourth-order valence-electron chi connectivity index (χ4n) is 3.20. The van der Waals surface area contributed by atoms with Crippen LogP contribution in [-0.4, -0.2) is 56.6 Å². The van der Waals surface area contributed by atoms with Gasteiger partial charge in [-0.15, -0.1) is 0 Å². The highest BCUT2D eigenvalue weighted by molar-refractivity contribution is 7.89. The Kier molecular flexibility index (Phi) is 7.10. The predicted octanol–water partition coefficient (Wildman–Crippen LogP) is 2.07. The Hall–Kier alpha value is -1.55. The Labute approximate surface area is 154 Å². The van der Waals surface area contributed by atoms with Crippen molar-refractivity contribution in [2.24, 2.45) is 0 Å². The molecule has 1 aliphatic rings. The minimum Gasteiger partial charge on any atom is -0.373 e. The van der Waals surface area contributed by atoms with Gasteiger partial charge in [-0.2, -0.15) is 0 Å². The van der Waals surface area contributed by atoms with Gasteiger partial charge in [-0.3, -0.25) is 15.0 Å². The fraction of sp³-hybridized carbons (Fsp3) is 0.647. The van der Waals surface area contributed by atoms with Crippen molar-refractivity contribution in [2.45, 2.75) is 50.7 Å². The summed E-state index contributed by atoms with van der Waals surface area (Å²) in [5.41, 5.74) is 0.255. The van der Waals surface area contributed by atoms with Gasteiger partial charge < -0.3 is 4.74 Å². The van der Waals surface area contributed by atoms with Gasteiger partial charge in [0.15, 0.2) is 0 Å². The topological polar surface area (TPSA) is 102 Å². The number of sulfonamides is 1. The molecule has 0 spiro atoms. The summed E-state index contributed by atoms with van der Waals surface area (Å²) in [5, 5.41) is 10.9. The average molecular weight is 385 g/mol. The van der Waals surface area contributed by atoms with Crippen LogP contribution in [0.5, 0.6) is 0 Å². The Balaban J connectivity index is 1.83. The van der Waals surface area contributed by atoms with E-state index in [0.29, 0.717) is 18.5 Å². The molecule has 0 aliphatic carbocycles. The van der Waals surface area contributed by atoms with Gasteiger partial charge in [0.25, 0.3) is 5.69 Å². The van der Waals surface area contributed by atoms with E-state index < -0.39 is 14.9 Å². The first-order valence-corrected chi connectivity index (χ1v) is 10.3. The van der Waals surface area contributed by atoms with Gasteiger partial charge in [0.1, 0.15) is 0 Å². The number of nitro groups is 1. The highest BCUT2D eigenvalue weighted by atomic mass is 32.2. The Morgan fingerprint density at radius 2 is 1.92 bits per heavy atom. The normalized spacial score (nSPS) is 21.7. The maximum atomic E-state index is 12.4. The molecule has 1 saturated heterocycles. The SMILES string of the molecule is Cc1ccc([N+](=O)[O-])cc1S(=O)(=O)NCCCCN1C[C@@H](C)O[C@H](C)C1. The quantitative estimate of drug-likeness (QED) is 0.418. The van der Waals surface area contributed by atoms with Crippen LogP contribution in [0.1, 0.15) is 32.3 Å². The molecule has 8 nitrogen and oxygen atoms in total. The van der Waals surface area contributed by atoms with E-state index in [0.717, 1.165) is 32.1 Å². The highest BCUT2D eigenvalue weighted by Gasteiger charge is 2.22. The first-order valence-electron chi connectivity index (χ1n) is 8.81. The van der Waals surface area contributed by atoms with Gasteiger partial charge in [0.2, 0.25) is 10.0 Å². The van der Waals surface area contributed by atoms with Crippen LogP contribution >= 0.6 is 0 Å². The van der Waals surface area contributed by atoms with Gasteiger partial charge in [0, 0.05) is 31.8 Å². The minimum atomic E-state index is -3.76. The summed E-state index contributed by atoms with van der Waals surface area (Å²) >= 11 is 0. The number of morpholine rings is 1. The van der Waals surface area contributed by atoms with E-state index in [-0.39, 0.29) is 22.8 Å². The standard InChI is InChI=1S/C17H27N3O5S/c1-13-6-7-16(20(21)22)10-17(13)26(23,24)18-8-4-5-9-19-11-14(2)25-15(3)12-19/h6-7,10,14-15,18H,4-5,8-9,11-12H2,1-3H3/t14-,15-/m1/s1. The molecule has 1 N–H and O–H groups in total. The second kappa shape index (κ2) is 8.90. The smallest absolute Gasteiger partial charge is 0.270 e. The van der Waals surface area contributed by atoms with E-state index in [1.54, 1.807) is 6.92 Å². The van der Waals surface area contributed by atoms with Crippen molar-refractivity contribution >= 4 is 15.7 Å². The zero-order chi connectivity index (χ0) is 19.3. The molecule has 1 aromatic rings. The lowest BCUT2D eigenvalue weighted by molar-refractivity contribution is -0.385. The molecule has 1 aromatic carbocycles. The van der Waals surface area contributed by atoms with Crippen LogP contribution in [0.4, 0.5) is 5.69 Å². The van der Waals surface area contributed by atoms with Crippen molar-refractivity contribution in [3.8, 4) is 0 Å². The van der Waals surface area contributed by atoms with E-state index in [9.17, 15) is 18.5 Å². The number of nitrogens with zero attached hydrogens (tertiary/aromatic N) is 2. The molecule has 0 amide bonds. The Bertz CT molecular complexity index is 728. The van der Waals surface area contributed by atoms with Crippen LogP contribution in [0.15, 0.2) is 23.1 Å². The molecule has 1 heterocycles. The van der Waals surface area contributed by atoms with Crippen molar-refractivity contribution in [3.63, 3.8) is 0 Å². The van der Waals surface area contributed by atoms with E-state index in [1.807, 2.05) is 0 Å². The average Bonchev–Trinajstić information content (AvgIpc) is 2.53. The van der Waals surface area contributed by atoms with Crippen LogP contribution in [0.25, 0.3) is 0 Å². The molecule has 1 fully saturated rings. The fourth-order valence-corrected chi connectivity index (χ4v) is 4.54. The van der Waals surface area contributed by atoms with E-state index in [4.69, 9.17) is 4.74 Å². The van der Waals surface area contributed by atoms with E-state index in [1.165, 1.54) is 12.1 Å². The monoisotopic (exact) mass is 385 g/mol. The molecule has 26 heavy (non-hydrogen) atoms. The largest absolute Gasteiger partial charge is 0.373 e. The number of unbranched alkanes of at least 4 members (excludes halogenated alkanes) is 1. The van der Waals surface area contributed by atoms with Gasteiger partial charge in [0.05, 0.1) is 22.0 Å². The number of non-ortho nitro benzene ring substituents is 1. The summed E-state index contributed by atoms with van der Waals surface area (Å²) in [5.74, 6) is 0. The molecule has 0 bridgehead atoms. The van der Waals surface area contributed by atoms with Gasteiger partial charge >= 0.3 is 0 Å². The van der Waals surface area contributed by atoms with Crippen molar-refractivity contribution in [2.75, 3.05) is 26.2 Å². The molecule has 0 unspecified atom stereocenters. The third-order valence-corrected chi connectivity index (χ3v) is 5.96. The molecule has 146 valence electrons. The van der Waals surface area contributed by atoms with Crippen LogP contribution in [-0.2, 0) is 14.8 Å². The first-order chi connectivity index (χ1) is 12.2. The number of aryl methyl sites for hydroxylation is 1. The molecule has 1 aliphatic heterocycles. The lowest BCUT2D eigenvalue weighted by atomic mass is 10.2. The predicted molar refractivity (Wildman–Crippen MR) is 98.7 cm³/mol. The van der Waals surface area contributed by atoms with E-state index >= 15 is 0 Å². The summed E-state index contributed by atoms with van der Waals surface area (Å²) in [6.45, 7) is 8.72. The summed E-state index contributed by atoms with van der Waals surface area (Å²) in [6, 6.07) is 3.86. The number of ether oxygens (including phenoxy) is 1. The number of benzene rings is 1. The van der Waals surface area contributed by atoms with Crippen molar-refractivity contribution < 1.29 is 18.1 Å². The van der Waals surface area contributed by atoms with Gasteiger partial charge in [-0.1, -0.05) is 6.07 Å². The summed E-state index contributed by atoms with van der Waals surface area (Å²) in [7, 11) is -3.76. The second-order valence-electron chi connectivity index (χ2n) is 6.83. The lowest BCUT2D eigenvalue weighted by Gasteiger charge is -2.35. The maximum Gasteiger partial charge on any atom is 0.270 e.